The lowest BCUT2D eigenvalue weighted by molar-refractivity contribution is -0.160. The molecule has 5 heteroatoms. The maximum absolute atomic E-state index is 12.5. The molecule has 0 aromatic carbocycles. The zero-order valence-corrected chi connectivity index (χ0v) is 16.1. The molecule has 1 aliphatic rings. The first kappa shape index (κ1) is 19.8. The van der Waals surface area contributed by atoms with Crippen LogP contribution in [0.5, 0.6) is 0 Å². The van der Waals surface area contributed by atoms with Crippen LogP contribution in [0.25, 0.3) is 0 Å². The average Bonchev–Trinajstić information content (AvgIpc) is 2.67. The first-order valence-electron chi connectivity index (χ1n) is 8.32. The zero-order chi connectivity index (χ0) is 18.2. The molecule has 0 spiro atoms. The summed E-state index contributed by atoms with van der Waals surface area (Å²) in [5.74, 6) is -0.123. The Balaban J connectivity index is 2.98. The summed E-state index contributed by atoms with van der Waals surface area (Å²) in [4.78, 5) is 26.6. The van der Waals surface area contributed by atoms with E-state index in [2.05, 4.69) is 20.8 Å². The molecule has 0 radical (unpaired) electrons. The predicted octanol–water partition coefficient (Wildman–Crippen LogP) is 4.00. The van der Waals surface area contributed by atoms with Gasteiger partial charge in [0.15, 0.2) is 0 Å². The van der Waals surface area contributed by atoms with E-state index in [1.165, 1.54) is 4.90 Å². The fourth-order valence-corrected chi connectivity index (χ4v) is 2.58. The predicted molar refractivity (Wildman–Crippen MR) is 90.1 cm³/mol. The first-order valence-corrected chi connectivity index (χ1v) is 8.32. The lowest BCUT2D eigenvalue weighted by atomic mass is 9.79. The van der Waals surface area contributed by atoms with Gasteiger partial charge in [-0.3, -0.25) is 4.90 Å². The Kier molecular flexibility index (Phi) is 5.44. The van der Waals surface area contributed by atoms with Gasteiger partial charge < -0.3 is 9.47 Å². The topological polar surface area (TPSA) is 55.8 Å². The van der Waals surface area contributed by atoms with Crippen LogP contribution in [0, 0.1) is 11.3 Å². The third kappa shape index (κ3) is 6.04. The number of ether oxygens (including phenoxy) is 2. The van der Waals surface area contributed by atoms with Crippen molar-refractivity contribution in [3.05, 3.63) is 0 Å². The molecule has 134 valence electrons. The highest BCUT2D eigenvalue weighted by Crippen LogP contribution is 2.38. The molecule has 0 aromatic rings. The van der Waals surface area contributed by atoms with Gasteiger partial charge in [-0.25, -0.2) is 9.59 Å². The van der Waals surface area contributed by atoms with E-state index in [-0.39, 0.29) is 17.3 Å². The Labute approximate surface area is 140 Å². The Hall–Kier alpha value is -1.26. The van der Waals surface area contributed by atoms with Crippen molar-refractivity contribution in [2.75, 3.05) is 6.54 Å². The monoisotopic (exact) mass is 327 g/mol. The van der Waals surface area contributed by atoms with Crippen LogP contribution in [0.15, 0.2) is 0 Å². The Bertz CT molecular complexity index is 415. The molecule has 0 aliphatic carbocycles. The molecule has 1 fully saturated rings. The number of hydrogen-bond acceptors (Lipinski definition) is 4. The summed E-state index contributed by atoms with van der Waals surface area (Å²) in [7, 11) is 0. The summed E-state index contributed by atoms with van der Waals surface area (Å²) in [6.07, 6.45) is 0.164. The second-order valence-electron chi connectivity index (χ2n) is 9.48. The van der Waals surface area contributed by atoms with E-state index in [0.717, 1.165) is 0 Å². The van der Waals surface area contributed by atoms with Crippen molar-refractivity contribution in [1.82, 2.24) is 4.90 Å². The van der Waals surface area contributed by atoms with Gasteiger partial charge in [0.25, 0.3) is 0 Å². The van der Waals surface area contributed by atoms with Gasteiger partial charge in [-0.1, -0.05) is 20.8 Å². The average molecular weight is 327 g/mol. The molecular formula is C18H33NO4. The van der Waals surface area contributed by atoms with Crippen LogP contribution in [0.2, 0.25) is 0 Å². The van der Waals surface area contributed by atoms with Crippen LogP contribution in [0.3, 0.4) is 0 Å². The van der Waals surface area contributed by atoms with Crippen molar-refractivity contribution in [2.45, 2.75) is 86.0 Å². The minimum absolute atomic E-state index is 0.0109. The summed E-state index contributed by atoms with van der Waals surface area (Å²) in [6, 6.07) is -0.576. The maximum Gasteiger partial charge on any atom is 0.411 e. The molecule has 2 atom stereocenters. The molecule has 1 amide bonds. The summed E-state index contributed by atoms with van der Waals surface area (Å²) in [5.41, 5.74) is -1.15. The van der Waals surface area contributed by atoms with Crippen molar-refractivity contribution < 1.29 is 19.1 Å². The third-order valence-corrected chi connectivity index (χ3v) is 3.83. The minimum atomic E-state index is -0.588. The van der Waals surface area contributed by atoms with E-state index in [9.17, 15) is 9.59 Å². The Morgan fingerprint density at radius 2 is 1.35 bits per heavy atom. The van der Waals surface area contributed by atoms with Gasteiger partial charge in [0.05, 0.1) is 0 Å². The van der Waals surface area contributed by atoms with Gasteiger partial charge in [0.2, 0.25) is 0 Å². The van der Waals surface area contributed by atoms with Gasteiger partial charge >= 0.3 is 12.1 Å². The lowest BCUT2D eigenvalue weighted by Gasteiger charge is -2.30. The van der Waals surface area contributed by atoms with Crippen LogP contribution in [-0.4, -0.2) is 40.8 Å². The summed E-state index contributed by atoms with van der Waals surface area (Å²) >= 11 is 0. The highest BCUT2D eigenvalue weighted by atomic mass is 16.6. The quantitative estimate of drug-likeness (QED) is 0.683. The number of carbonyl (C=O) groups excluding carboxylic acids is 2. The number of rotatable bonds is 1. The van der Waals surface area contributed by atoms with E-state index in [0.29, 0.717) is 13.0 Å². The zero-order valence-electron chi connectivity index (χ0n) is 16.1. The standard InChI is InChI=1S/C18H33NO4/c1-16(2,3)12-10-13(14(20)22-17(4,5)6)19(11-12)15(21)23-18(7,8)9/h12-13H,10-11H2,1-9H3/t12-,13+/m0/s1. The number of carbonyl (C=O) groups is 2. The number of nitrogens with zero attached hydrogens (tertiary/aromatic N) is 1. The van der Waals surface area contributed by atoms with Crippen molar-refractivity contribution >= 4 is 12.1 Å². The molecule has 0 N–H and O–H groups in total. The molecule has 1 saturated heterocycles. The molecule has 5 nitrogen and oxygen atoms in total. The van der Waals surface area contributed by atoms with Crippen LogP contribution >= 0.6 is 0 Å². The molecule has 0 aromatic heterocycles. The number of hydrogen-bond donors (Lipinski definition) is 0. The van der Waals surface area contributed by atoms with Gasteiger partial charge in [-0.05, 0) is 59.3 Å². The van der Waals surface area contributed by atoms with E-state index in [4.69, 9.17) is 9.47 Å². The number of likely N-dealkylation sites (tertiary alicyclic amines) is 1. The molecule has 23 heavy (non-hydrogen) atoms. The van der Waals surface area contributed by atoms with Crippen molar-refractivity contribution in [1.29, 1.82) is 0 Å². The van der Waals surface area contributed by atoms with Crippen LogP contribution in [-0.2, 0) is 14.3 Å². The smallest absolute Gasteiger partial charge is 0.411 e. The largest absolute Gasteiger partial charge is 0.458 e. The fourth-order valence-electron chi connectivity index (χ4n) is 2.58. The summed E-state index contributed by atoms with van der Waals surface area (Å²) in [6.45, 7) is 17.9. The van der Waals surface area contributed by atoms with Crippen LogP contribution in [0.4, 0.5) is 4.79 Å². The molecule has 0 bridgehead atoms. The van der Waals surface area contributed by atoms with Crippen molar-refractivity contribution in [3.8, 4) is 0 Å². The number of amides is 1. The Morgan fingerprint density at radius 1 is 0.870 bits per heavy atom. The van der Waals surface area contributed by atoms with Gasteiger partial charge in [-0.2, -0.15) is 0 Å². The first-order chi connectivity index (χ1) is 10.1. The summed E-state index contributed by atoms with van der Waals surface area (Å²) < 4.78 is 11.0. The normalized spacial score (nSPS) is 22.9. The number of esters is 1. The van der Waals surface area contributed by atoms with Gasteiger partial charge in [-0.15, -0.1) is 0 Å². The SMILES string of the molecule is CC(C)(C)OC(=O)[C@H]1C[C@H](C(C)(C)C)CN1C(=O)OC(C)(C)C. The molecule has 0 saturated carbocycles. The Morgan fingerprint density at radius 3 is 1.74 bits per heavy atom. The van der Waals surface area contributed by atoms with Crippen LogP contribution in [0.1, 0.15) is 68.7 Å². The third-order valence-electron chi connectivity index (χ3n) is 3.83. The molecule has 1 rings (SSSR count). The molecule has 1 aliphatic heterocycles. The second-order valence-corrected chi connectivity index (χ2v) is 9.48. The fraction of sp³-hybridized carbons (Fsp3) is 0.889. The van der Waals surface area contributed by atoms with Gasteiger partial charge in [0.1, 0.15) is 17.2 Å². The van der Waals surface area contributed by atoms with E-state index in [1.54, 1.807) is 0 Å². The van der Waals surface area contributed by atoms with E-state index < -0.39 is 23.3 Å². The molecular weight excluding hydrogens is 294 g/mol. The van der Waals surface area contributed by atoms with Crippen LogP contribution < -0.4 is 0 Å². The highest BCUT2D eigenvalue weighted by molar-refractivity contribution is 5.82. The lowest BCUT2D eigenvalue weighted by Crippen LogP contribution is -2.45. The van der Waals surface area contributed by atoms with E-state index in [1.807, 2.05) is 41.5 Å². The van der Waals surface area contributed by atoms with Crippen molar-refractivity contribution in [2.24, 2.45) is 11.3 Å². The minimum Gasteiger partial charge on any atom is -0.458 e. The van der Waals surface area contributed by atoms with E-state index >= 15 is 0 Å². The summed E-state index contributed by atoms with van der Waals surface area (Å²) in [5, 5.41) is 0. The molecule has 1 heterocycles. The van der Waals surface area contributed by atoms with Crippen molar-refractivity contribution in [3.63, 3.8) is 0 Å². The molecule has 0 unspecified atom stereocenters. The second kappa shape index (κ2) is 6.33. The van der Waals surface area contributed by atoms with Gasteiger partial charge in [0, 0.05) is 6.54 Å². The highest BCUT2D eigenvalue weighted by Gasteiger charge is 2.46. The maximum atomic E-state index is 12.5.